The molecule has 0 N–H and O–H groups in total. The molecule has 0 aliphatic heterocycles. The summed E-state index contributed by atoms with van der Waals surface area (Å²) >= 11 is 3.52. The van der Waals surface area contributed by atoms with Gasteiger partial charge in [0, 0.05) is 4.47 Å². The topological polar surface area (TPSA) is 9.23 Å². The highest BCUT2D eigenvalue weighted by Crippen LogP contribution is 2.77. The lowest BCUT2D eigenvalue weighted by Gasteiger charge is -2.72. The van der Waals surface area contributed by atoms with E-state index in [1.807, 2.05) is 24.3 Å². The van der Waals surface area contributed by atoms with Crippen molar-refractivity contribution in [2.45, 2.75) is 82.5 Å². The zero-order valence-electron chi connectivity index (χ0n) is 20.3. The predicted molar refractivity (Wildman–Crippen MR) is 140 cm³/mol. The Morgan fingerprint density at radius 2 is 1.03 bits per heavy atom. The summed E-state index contributed by atoms with van der Waals surface area (Å²) in [6, 6.07) is 17.5. The van der Waals surface area contributed by atoms with Gasteiger partial charge in [0.2, 0.25) is 0 Å². The molecule has 0 radical (unpaired) electrons. The Morgan fingerprint density at radius 3 is 1.59 bits per heavy atom. The van der Waals surface area contributed by atoms with Crippen LogP contribution in [0, 0.1) is 40.4 Å². The van der Waals surface area contributed by atoms with Gasteiger partial charge in [-0.1, -0.05) is 28.1 Å². The normalized spacial score (nSPS) is 45.6. The zero-order chi connectivity index (χ0) is 22.5. The monoisotopic (exact) mass is 516 g/mol. The number of ether oxygens (including phenoxy) is 1. The van der Waals surface area contributed by atoms with E-state index < -0.39 is 0 Å². The van der Waals surface area contributed by atoms with E-state index in [0.29, 0.717) is 16.2 Å². The summed E-state index contributed by atoms with van der Waals surface area (Å²) in [5, 5.41) is 0. The van der Waals surface area contributed by atoms with Crippen molar-refractivity contribution in [2.24, 2.45) is 40.4 Å². The molecular weight excluding hydrogens is 480 g/mol. The van der Waals surface area contributed by atoms with Gasteiger partial charge >= 0.3 is 0 Å². The highest BCUT2D eigenvalue weighted by atomic mass is 79.9. The maximum absolute atomic E-state index is 6.17. The van der Waals surface area contributed by atoms with Gasteiger partial charge in [0.25, 0.3) is 0 Å². The molecule has 8 aliphatic carbocycles. The minimum absolute atomic E-state index is 0.434. The SMILES string of the molecule is Brc1ccc(Oc2ccc(C34CC5CC(C3)CC(C36CC7CC(CC(C7)C3)C6)(C5)C4)cc2)cc1. The van der Waals surface area contributed by atoms with Crippen LogP contribution in [0.15, 0.2) is 53.0 Å². The van der Waals surface area contributed by atoms with Crippen molar-refractivity contribution < 1.29 is 4.74 Å². The molecule has 1 nitrogen and oxygen atoms in total. The second kappa shape index (κ2) is 7.15. The molecule has 34 heavy (non-hydrogen) atoms. The fourth-order valence-electron chi connectivity index (χ4n) is 11.5. The quantitative estimate of drug-likeness (QED) is 0.393. The summed E-state index contributed by atoms with van der Waals surface area (Å²) in [5.41, 5.74) is 3.41. The summed E-state index contributed by atoms with van der Waals surface area (Å²) in [4.78, 5) is 0. The van der Waals surface area contributed by atoms with Crippen molar-refractivity contribution in [3.63, 3.8) is 0 Å². The summed E-state index contributed by atoms with van der Waals surface area (Å²) in [6.07, 6.45) is 18.6. The third kappa shape index (κ3) is 3.02. The minimum atomic E-state index is 0.434. The molecular formula is C32H37BrO. The second-order valence-corrected chi connectivity index (χ2v) is 14.7. The van der Waals surface area contributed by atoms with Crippen LogP contribution < -0.4 is 4.74 Å². The Balaban J connectivity index is 1.11. The maximum atomic E-state index is 6.17. The largest absolute Gasteiger partial charge is 0.457 e. The Labute approximate surface area is 213 Å². The smallest absolute Gasteiger partial charge is 0.127 e. The first-order valence-corrected chi connectivity index (χ1v) is 14.8. The molecule has 0 saturated heterocycles. The van der Waals surface area contributed by atoms with E-state index in [1.165, 1.54) is 25.7 Å². The van der Waals surface area contributed by atoms with Crippen LogP contribution in [0.4, 0.5) is 0 Å². The van der Waals surface area contributed by atoms with Crippen molar-refractivity contribution >= 4 is 15.9 Å². The summed E-state index contributed by atoms with van der Waals surface area (Å²) in [6.45, 7) is 0. The molecule has 2 atom stereocenters. The molecule has 8 bridgehead atoms. The maximum Gasteiger partial charge on any atom is 0.127 e. The minimum Gasteiger partial charge on any atom is -0.457 e. The Morgan fingerprint density at radius 1 is 0.559 bits per heavy atom. The molecule has 2 aromatic rings. The second-order valence-electron chi connectivity index (χ2n) is 13.8. The average molecular weight is 518 g/mol. The summed E-state index contributed by atoms with van der Waals surface area (Å²) in [5.74, 6) is 7.06. The molecule has 2 aromatic carbocycles. The highest BCUT2D eigenvalue weighted by molar-refractivity contribution is 9.10. The average Bonchev–Trinajstić information content (AvgIpc) is 2.79. The van der Waals surface area contributed by atoms with Crippen molar-refractivity contribution in [3.8, 4) is 11.5 Å². The van der Waals surface area contributed by atoms with Gasteiger partial charge in [0.05, 0.1) is 0 Å². The van der Waals surface area contributed by atoms with Gasteiger partial charge in [0.15, 0.2) is 0 Å². The molecule has 0 amide bonds. The van der Waals surface area contributed by atoms with Crippen molar-refractivity contribution in [1.82, 2.24) is 0 Å². The Kier molecular flexibility index (Phi) is 4.39. The first kappa shape index (κ1) is 20.9. The van der Waals surface area contributed by atoms with E-state index in [2.05, 4.69) is 40.2 Å². The summed E-state index contributed by atoms with van der Waals surface area (Å²) < 4.78 is 7.26. The molecule has 0 spiro atoms. The van der Waals surface area contributed by atoms with Gasteiger partial charge in [-0.2, -0.15) is 0 Å². The lowest BCUT2D eigenvalue weighted by Crippen LogP contribution is -2.63. The van der Waals surface area contributed by atoms with Crippen LogP contribution in [0.2, 0.25) is 0 Å². The Hall–Kier alpha value is -1.28. The van der Waals surface area contributed by atoms with Crippen LogP contribution >= 0.6 is 15.9 Å². The molecule has 0 aromatic heterocycles. The molecule has 178 valence electrons. The van der Waals surface area contributed by atoms with Gasteiger partial charge in [-0.3, -0.25) is 0 Å². The number of benzene rings is 2. The molecule has 8 fully saturated rings. The van der Waals surface area contributed by atoms with Crippen LogP contribution in [-0.4, -0.2) is 0 Å². The fourth-order valence-corrected chi connectivity index (χ4v) is 11.8. The fraction of sp³-hybridized carbons (Fsp3) is 0.625. The molecule has 10 rings (SSSR count). The van der Waals surface area contributed by atoms with E-state index >= 15 is 0 Å². The van der Waals surface area contributed by atoms with Crippen molar-refractivity contribution in [2.75, 3.05) is 0 Å². The van der Waals surface area contributed by atoms with Gasteiger partial charge in [-0.25, -0.2) is 0 Å². The number of hydrogen-bond donors (Lipinski definition) is 0. The van der Waals surface area contributed by atoms with E-state index in [1.54, 1.807) is 56.9 Å². The van der Waals surface area contributed by atoms with E-state index in [0.717, 1.165) is 45.6 Å². The lowest BCUT2D eigenvalue weighted by molar-refractivity contribution is -0.205. The van der Waals surface area contributed by atoms with Crippen LogP contribution in [-0.2, 0) is 5.41 Å². The van der Waals surface area contributed by atoms with E-state index in [-0.39, 0.29) is 0 Å². The van der Waals surface area contributed by atoms with Crippen LogP contribution in [0.25, 0.3) is 0 Å². The van der Waals surface area contributed by atoms with Crippen LogP contribution in [0.5, 0.6) is 11.5 Å². The molecule has 2 heteroatoms. The molecule has 8 saturated carbocycles. The van der Waals surface area contributed by atoms with Crippen molar-refractivity contribution in [1.29, 1.82) is 0 Å². The number of hydrogen-bond acceptors (Lipinski definition) is 1. The highest BCUT2D eigenvalue weighted by Gasteiger charge is 2.67. The van der Waals surface area contributed by atoms with E-state index in [9.17, 15) is 0 Å². The molecule has 8 aliphatic rings. The Bertz CT molecular complexity index is 1050. The van der Waals surface area contributed by atoms with Gasteiger partial charge in [-0.05, 0) is 165 Å². The molecule has 2 unspecified atom stereocenters. The standard InChI is InChI=1S/C32H37BrO/c33-27-3-7-29(8-4-27)34-28-5-1-26(2-6-28)30-13-24-12-25(14-30)19-32(18-24,20-30)31-15-21-9-22(16-31)11-23(10-21)17-31/h1-8,21-25H,9-20H2. The third-order valence-electron chi connectivity index (χ3n) is 11.7. The van der Waals surface area contributed by atoms with Crippen LogP contribution in [0.1, 0.15) is 82.6 Å². The lowest BCUT2D eigenvalue weighted by atomic mass is 9.32. The number of rotatable bonds is 4. The predicted octanol–water partition coefficient (Wildman–Crippen LogP) is 9.30. The van der Waals surface area contributed by atoms with E-state index in [4.69, 9.17) is 4.74 Å². The molecule has 0 heterocycles. The first-order chi connectivity index (χ1) is 16.5. The van der Waals surface area contributed by atoms with Crippen LogP contribution in [0.3, 0.4) is 0 Å². The zero-order valence-corrected chi connectivity index (χ0v) is 21.9. The van der Waals surface area contributed by atoms with Gasteiger partial charge < -0.3 is 4.74 Å². The summed E-state index contributed by atoms with van der Waals surface area (Å²) in [7, 11) is 0. The number of halogens is 1. The third-order valence-corrected chi connectivity index (χ3v) is 12.3. The van der Waals surface area contributed by atoms with Gasteiger partial charge in [-0.15, -0.1) is 0 Å². The van der Waals surface area contributed by atoms with Gasteiger partial charge in [0.1, 0.15) is 11.5 Å². The van der Waals surface area contributed by atoms with Crippen molar-refractivity contribution in [3.05, 3.63) is 58.6 Å². The first-order valence-electron chi connectivity index (χ1n) is 14.0.